The van der Waals surface area contributed by atoms with Crippen molar-refractivity contribution in [3.05, 3.63) is 0 Å². The zero-order valence-corrected chi connectivity index (χ0v) is 10.3. The molecule has 0 aliphatic carbocycles. The first-order chi connectivity index (χ1) is 6.59. The largest absolute Gasteiger partial charge is 0.350 e. The summed E-state index contributed by atoms with van der Waals surface area (Å²) in [6.07, 6.45) is 2.42. The van der Waals surface area contributed by atoms with Crippen LogP contribution in [0.1, 0.15) is 13.8 Å². The van der Waals surface area contributed by atoms with Crippen molar-refractivity contribution in [1.29, 1.82) is 0 Å². The Balaban J connectivity index is 2.51. The average molecular weight is 219 g/mol. The molecular formula is C10H21NO2S. The Hall–Kier alpha value is 0.230. The predicted octanol–water partition coefficient (Wildman–Crippen LogP) is 1.34. The molecule has 2 atom stereocenters. The standard InChI is InChI=1S/C10H21NO2S/c1-10(2)12-6-8(5-11-3)9(13-10)7-14-4/h8-9,11H,5-7H2,1-4H3. The molecule has 0 bridgehead atoms. The minimum atomic E-state index is -0.412. The molecule has 3 nitrogen and oxygen atoms in total. The first kappa shape index (κ1) is 12.3. The van der Waals surface area contributed by atoms with E-state index >= 15 is 0 Å². The van der Waals surface area contributed by atoms with Gasteiger partial charge >= 0.3 is 0 Å². The van der Waals surface area contributed by atoms with Gasteiger partial charge in [0.2, 0.25) is 0 Å². The lowest BCUT2D eigenvalue weighted by atomic mass is 10.0. The molecule has 2 unspecified atom stereocenters. The first-order valence-corrected chi connectivity index (χ1v) is 6.44. The summed E-state index contributed by atoms with van der Waals surface area (Å²) in [7, 11) is 1.97. The molecule has 0 aromatic heterocycles. The fourth-order valence-electron chi connectivity index (χ4n) is 1.70. The lowest BCUT2D eigenvalue weighted by Crippen LogP contribution is -2.49. The topological polar surface area (TPSA) is 30.5 Å². The summed E-state index contributed by atoms with van der Waals surface area (Å²) in [5.74, 6) is 1.10. The summed E-state index contributed by atoms with van der Waals surface area (Å²) in [5, 5.41) is 3.18. The summed E-state index contributed by atoms with van der Waals surface area (Å²) >= 11 is 1.83. The van der Waals surface area contributed by atoms with E-state index in [1.54, 1.807) is 0 Å². The molecule has 0 saturated carbocycles. The van der Waals surface area contributed by atoms with E-state index in [0.717, 1.165) is 18.9 Å². The maximum atomic E-state index is 5.90. The summed E-state index contributed by atoms with van der Waals surface area (Å²) in [4.78, 5) is 0. The minimum absolute atomic E-state index is 0.307. The molecule has 1 N–H and O–H groups in total. The highest BCUT2D eigenvalue weighted by molar-refractivity contribution is 7.98. The van der Waals surface area contributed by atoms with Gasteiger partial charge in [-0.05, 0) is 27.2 Å². The van der Waals surface area contributed by atoms with Gasteiger partial charge in [-0.2, -0.15) is 11.8 Å². The lowest BCUT2D eigenvalue weighted by Gasteiger charge is -2.41. The van der Waals surface area contributed by atoms with Crippen molar-refractivity contribution in [2.75, 3.05) is 32.2 Å². The number of thioether (sulfide) groups is 1. The van der Waals surface area contributed by atoms with Crippen molar-refractivity contribution in [2.45, 2.75) is 25.7 Å². The molecule has 14 heavy (non-hydrogen) atoms. The maximum absolute atomic E-state index is 5.90. The molecule has 0 amide bonds. The van der Waals surface area contributed by atoms with Crippen molar-refractivity contribution in [1.82, 2.24) is 5.32 Å². The zero-order chi connectivity index (χ0) is 10.6. The Kier molecular flexibility index (Phi) is 4.70. The lowest BCUT2D eigenvalue weighted by molar-refractivity contribution is -0.286. The zero-order valence-electron chi connectivity index (χ0n) is 9.50. The SMILES string of the molecule is CNCC1COC(C)(C)OC1CSC. The summed E-state index contributed by atoms with van der Waals surface area (Å²) in [5.41, 5.74) is 0. The molecule has 0 aromatic rings. The van der Waals surface area contributed by atoms with Crippen LogP contribution in [0.4, 0.5) is 0 Å². The predicted molar refractivity (Wildman–Crippen MR) is 60.7 cm³/mol. The third-order valence-corrected chi connectivity index (χ3v) is 3.07. The van der Waals surface area contributed by atoms with Crippen LogP contribution >= 0.6 is 11.8 Å². The monoisotopic (exact) mass is 219 g/mol. The molecular weight excluding hydrogens is 198 g/mol. The second-order valence-electron chi connectivity index (χ2n) is 4.14. The van der Waals surface area contributed by atoms with Crippen molar-refractivity contribution in [3.8, 4) is 0 Å². The molecule has 1 fully saturated rings. The van der Waals surface area contributed by atoms with Crippen LogP contribution in [0.3, 0.4) is 0 Å². The average Bonchev–Trinajstić information content (AvgIpc) is 2.10. The maximum Gasteiger partial charge on any atom is 0.163 e. The van der Waals surface area contributed by atoms with Crippen LogP contribution in [-0.4, -0.2) is 44.1 Å². The van der Waals surface area contributed by atoms with Crippen LogP contribution in [0.15, 0.2) is 0 Å². The van der Waals surface area contributed by atoms with E-state index in [1.165, 1.54) is 0 Å². The summed E-state index contributed by atoms with van der Waals surface area (Å²) in [6, 6.07) is 0. The minimum Gasteiger partial charge on any atom is -0.350 e. The van der Waals surface area contributed by atoms with Gasteiger partial charge in [-0.3, -0.25) is 0 Å². The molecule has 1 aliphatic rings. The van der Waals surface area contributed by atoms with Gasteiger partial charge in [0.15, 0.2) is 5.79 Å². The summed E-state index contributed by atoms with van der Waals surface area (Å²) < 4.78 is 11.5. The van der Waals surface area contributed by atoms with E-state index in [4.69, 9.17) is 9.47 Å². The summed E-state index contributed by atoms with van der Waals surface area (Å²) in [6.45, 7) is 5.71. The van der Waals surface area contributed by atoms with Gasteiger partial charge in [-0.15, -0.1) is 0 Å². The molecule has 0 radical (unpaired) electrons. The molecule has 0 aromatic carbocycles. The highest BCUT2D eigenvalue weighted by atomic mass is 32.2. The van der Waals surface area contributed by atoms with Crippen molar-refractivity contribution in [3.63, 3.8) is 0 Å². The highest BCUT2D eigenvalue weighted by Crippen LogP contribution is 2.27. The van der Waals surface area contributed by atoms with E-state index in [0.29, 0.717) is 12.0 Å². The molecule has 1 saturated heterocycles. The van der Waals surface area contributed by atoms with E-state index in [9.17, 15) is 0 Å². The quantitative estimate of drug-likeness (QED) is 0.773. The van der Waals surface area contributed by atoms with Crippen molar-refractivity contribution in [2.24, 2.45) is 5.92 Å². The van der Waals surface area contributed by atoms with Gasteiger partial charge in [-0.25, -0.2) is 0 Å². The molecule has 1 rings (SSSR count). The van der Waals surface area contributed by atoms with Gasteiger partial charge < -0.3 is 14.8 Å². The number of rotatable bonds is 4. The van der Waals surface area contributed by atoms with Gasteiger partial charge in [0.05, 0.1) is 12.7 Å². The van der Waals surface area contributed by atoms with Gasteiger partial charge in [0, 0.05) is 18.2 Å². The fraction of sp³-hybridized carbons (Fsp3) is 1.00. The van der Waals surface area contributed by atoms with Gasteiger partial charge in [-0.1, -0.05) is 0 Å². The van der Waals surface area contributed by atoms with E-state index in [1.807, 2.05) is 32.7 Å². The van der Waals surface area contributed by atoms with Crippen LogP contribution in [0, 0.1) is 5.92 Å². The molecule has 4 heteroatoms. The van der Waals surface area contributed by atoms with Crippen molar-refractivity contribution >= 4 is 11.8 Å². The molecule has 84 valence electrons. The van der Waals surface area contributed by atoms with Crippen LogP contribution in [0.2, 0.25) is 0 Å². The second kappa shape index (κ2) is 5.35. The van der Waals surface area contributed by atoms with E-state index in [-0.39, 0.29) is 0 Å². The Morgan fingerprint density at radius 3 is 2.79 bits per heavy atom. The number of ether oxygens (including phenoxy) is 2. The Morgan fingerprint density at radius 1 is 1.50 bits per heavy atom. The number of nitrogens with one attached hydrogen (secondary N) is 1. The smallest absolute Gasteiger partial charge is 0.163 e. The van der Waals surface area contributed by atoms with Crippen LogP contribution in [0.25, 0.3) is 0 Å². The van der Waals surface area contributed by atoms with Gasteiger partial charge in [0.25, 0.3) is 0 Å². The Morgan fingerprint density at radius 2 is 2.21 bits per heavy atom. The molecule has 0 spiro atoms. The third-order valence-electron chi connectivity index (χ3n) is 2.40. The Labute approximate surface area is 90.9 Å². The molecule has 1 aliphatic heterocycles. The Bertz CT molecular complexity index is 176. The van der Waals surface area contributed by atoms with Crippen LogP contribution in [-0.2, 0) is 9.47 Å². The fourth-order valence-corrected chi connectivity index (χ4v) is 2.37. The number of hydrogen-bond donors (Lipinski definition) is 1. The normalized spacial score (nSPS) is 31.7. The number of hydrogen-bond acceptors (Lipinski definition) is 4. The van der Waals surface area contributed by atoms with Crippen LogP contribution < -0.4 is 5.32 Å². The third kappa shape index (κ3) is 3.42. The van der Waals surface area contributed by atoms with Gasteiger partial charge in [0.1, 0.15) is 0 Å². The van der Waals surface area contributed by atoms with E-state index in [2.05, 4.69) is 11.6 Å². The first-order valence-electron chi connectivity index (χ1n) is 5.04. The van der Waals surface area contributed by atoms with Crippen LogP contribution in [0.5, 0.6) is 0 Å². The molecule has 1 heterocycles. The van der Waals surface area contributed by atoms with E-state index < -0.39 is 5.79 Å². The highest BCUT2D eigenvalue weighted by Gasteiger charge is 2.35. The van der Waals surface area contributed by atoms with Crippen molar-refractivity contribution < 1.29 is 9.47 Å². The second-order valence-corrected chi connectivity index (χ2v) is 5.05.